The minimum absolute atomic E-state index is 0.275. The fourth-order valence-electron chi connectivity index (χ4n) is 1.67. The molecular weight excluding hydrogens is 285 g/mol. The van der Waals surface area contributed by atoms with E-state index in [1.807, 2.05) is 0 Å². The number of H-pyrrole nitrogens is 1. The highest BCUT2D eigenvalue weighted by Gasteiger charge is 2.12. The van der Waals surface area contributed by atoms with Gasteiger partial charge in [-0.15, -0.1) is 0 Å². The second kappa shape index (κ2) is 5.04. The summed E-state index contributed by atoms with van der Waals surface area (Å²) in [6, 6.07) is 0. The molecule has 0 aliphatic heterocycles. The maximum absolute atomic E-state index is 13.9. The van der Waals surface area contributed by atoms with Crippen molar-refractivity contribution in [2.45, 2.75) is 20.3 Å². The van der Waals surface area contributed by atoms with Crippen LogP contribution in [-0.2, 0) is 0 Å². The van der Waals surface area contributed by atoms with Gasteiger partial charge in [-0.2, -0.15) is 0 Å². The number of anilines is 1. The van der Waals surface area contributed by atoms with E-state index in [4.69, 9.17) is 0 Å². The van der Waals surface area contributed by atoms with Gasteiger partial charge in [-0.1, -0.05) is 13.8 Å². The van der Waals surface area contributed by atoms with Crippen LogP contribution in [0.3, 0.4) is 0 Å². The van der Waals surface area contributed by atoms with Crippen molar-refractivity contribution in [2.75, 3.05) is 11.9 Å². The predicted molar refractivity (Wildman–Crippen MR) is 71.7 cm³/mol. The second-order valence-corrected chi connectivity index (χ2v) is 5.31. The molecule has 0 aliphatic rings. The Labute approximate surface area is 108 Å². The molecule has 0 aliphatic carbocycles. The van der Waals surface area contributed by atoms with Crippen LogP contribution in [0.25, 0.3) is 11.0 Å². The monoisotopic (exact) mass is 299 g/mol. The number of aromatic amines is 1. The van der Waals surface area contributed by atoms with E-state index in [9.17, 15) is 4.39 Å². The van der Waals surface area contributed by atoms with E-state index < -0.39 is 0 Å². The predicted octanol–water partition coefficient (Wildman–Crippen LogP) is 3.92. The Hall–Kier alpha value is -1.10. The first-order chi connectivity index (χ1) is 8.09. The summed E-state index contributed by atoms with van der Waals surface area (Å²) in [5.41, 5.74) is 1.34. The van der Waals surface area contributed by atoms with Crippen LogP contribution in [0.2, 0.25) is 0 Å². The Balaban J connectivity index is 2.26. The normalized spacial score (nSPS) is 11.4. The van der Waals surface area contributed by atoms with Crippen LogP contribution >= 0.6 is 15.9 Å². The van der Waals surface area contributed by atoms with Crippen LogP contribution in [0.15, 0.2) is 16.9 Å². The van der Waals surface area contributed by atoms with Gasteiger partial charge in [0, 0.05) is 18.9 Å². The van der Waals surface area contributed by atoms with Crippen molar-refractivity contribution >= 4 is 32.7 Å². The van der Waals surface area contributed by atoms with Gasteiger partial charge in [-0.3, -0.25) is 0 Å². The summed E-state index contributed by atoms with van der Waals surface area (Å²) in [6.45, 7) is 5.15. The SMILES string of the molecule is CC(C)CCNc1c[nH]c2ncc(Br)c(F)c12. The van der Waals surface area contributed by atoms with Crippen molar-refractivity contribution in [1.29, 1.82) is 0 Å². The zero-order valence-corrected chi connectivity index (χ0v) is 11.4. The average Bonchev–Trinajstić information content (AvgIpc) is 2.67. The van der Waals surface area contributed by atoms with Crippen molar-refractivity contribution in [3.63, 3.8) is 0 Å². The number of pyridine rings is 1. The lowest BCUT2D eigenvalue weighted by molar-refractivity contribution is 0.607. The summed E-state index contributed by atoms with van der Waals surface area (Å²) in [5, 5.41) is 3.75. The smallest absolute Gasteiger partial charge is 0.152 e. The minimum atomic E-state index is -0.275. The zero-order valence-electron chi connectivity index (χ0n) is 9.85. The lowest BCUT2D eigenvalue weighted by atomic mass is 10.1. The third kappa shape index (κ3) is 2.60. The van der Waals surface area contributed by atoms with E-state index in [1.165, 1.54) is 6.20 Å². The first-order valence-corrected chi connectivity index (χ1v) is 6.44. The van der Waals surface area contributed by atoms with E-state index in [2.05, 4.69) is 45.1 Å². The fourth-order valence-corrected chi connectivity index (χ4v) is 1.97. The molecule has 3 nitrogen and oxygen atoms in total. The van der Waals surface area contributed by atoms with Gasteiger partial charge in [-0.25, -0.2) is 9.37 Å². The Morgan fingerprint density at radius 2 is 2.29 bits per heavy atom. The third-order valence-electron chi connectivity index (χ3n) is 2.63. The number of aromatic nitrogens is 2. The first-order valence-electron chi connectivity index (χ1n) is 5.64. The van der Waals surface area contributed by atoms with Crippen molar-refractivity contribution in [3.8, 4) is 0 Å². The Bertz CT molecular complexity index is 522. The number of nitrogens with one attached hydrogen (secondary N) is 2. The molecule has 0 radical (unpaired) electrons. The van der Waals surface area contributed by atoms with Gasteiger partial charge >= 0.3 is 0 Å². The number of rotatable bonds is 4. The molecule has 17 heavy (non-hydrogen) atoms. The molecule has 2 aromatic heterocycles. The topological polar surface area (TPSA) is 40.7 Å². The van der Waals surface area contributed by atoms with Crippen LogP contribution in [0, 0.1) is 11.7 Å². The molecule has 5 heteroatoms. The standard InChI is InChI=1S/C12H15BrFN3/c1-7(2)3-4-15-9-6-17-12-10(9)11(14)8(13)5-16-12/h5-7,15H,3-4H2,1-2H3,(H,16,17). The lowest BCUT2D eigenvalue weighted by Gasteiger charge is -2.07. The molecule has 0 bridgehead atoms. The molecule has 0 fully saturated rings. The number of halogens is 2. The van der Waals surface area contributed by atoms with Crippen molar-refractivity contribution in [3.05, 3.63) is 22.7 Å². The molecule has 0 atom stereocenters. The molecular formula is C12H15BrFN3. The Morgan fingerprint density at radius 3 is 3.00 bits per heavy atom. The molecule has 0 aromatic carbocycles. The summed E-state index contributed by atoms with van der Waals surface area (Å²) in [7, 11) is 0. The van der Waals surface area contributed by atoms with Gasteiger partial charge in [0.1, 0.15) is 5.65 Å². The maximum Gasteiger partial charge on any atom is 0.152 e. The van der Waals surface area contributed by atoms with Crippen molar-refractivity contribution in [2.24, 2.45) is 5.92 Å². The highest BCUT2D eigenvalue weighted by Crippen LogP contribution is 2.28. The highest BCUT2D eigenvalue weighted by atomic mass is 79.9. The summed E-state index contributed by atoms with van der Waals surface area (Å²) in [6.07, 6.45) is 4.27. The second-order valence-electron chi connectivity index (χ2n) is 4.46. The van der Waals surface area contributed by atoms with E-state index in [0.29, 0.717) is 21.4 Å². The first kappa shape index (κ1) is 12.4. The largest absolute Gasteiger partial charge is 0.383 e. The number of fused-ring (bicyclic) bond motifs is 1. The number of nitrogens with zero attached hydrogens (tertiary/aromatic N) is 1. The molecule has 2 N–H and O–H groups in total. The summed E-state index contributed by atoms with van der Waals surface area (Å²) >= 11 is 3.15. The third-order valence-corrected chi connectivity index (χ3v) is 3.19. The molecule has 0 saturated carbocycles. The molecule has 2 aromatic rings. The summed E-state index contributed by atoms with van der Waals surface area (Å²) < 4.78 is 14.3. The lowest BCUT2D eigenvalue weighted by Crippen LogP contribution is -2.04. The molecule has 0 unspecified atom stereocenters. The Kier molecular flexibility index (Phi) is 3.66. The maximum atomic E-state index is 13.9. The van der Waals surface area contributed by atoms with E-state index in [-0.39, 0.29) is 5.82 Å². The van der Waals surface area contributed by atoms with Crippen LogP contribution in [0.1, 0.15) is 20.3 Å². The molecule has 92 valence electrons. The quantitative estimate of drug-likeness (QED) is 0.898. The van der Waals surface area contributed by atoms with Crippen LogP contribution < -0.4 is 5.32 Å². The molecule has 0 amide bonds. The van der Waals surface area contributed by atoms with Gasteiger partial charge < -0.3 is 10.3 Å². The Morgan fingerprint density at radius 1 is 1.53 bits per heavy atom. The molecule has 0 spiro atoms. The number of hydrogen-bond donors (Lipinski definition) is 2. The van der Waals surface area contributed by atoms with Crippen molar-refractivity contribution < 1.29 is 4.39 Å². The van der Waals surface area contributed by atoms with E-state index >= 15 is 0 Å². The van der Waals surface area contributed by atoms with Crippen LogP contribution in [-0.4, -0.2) is 16.5 Å². The van der Waals surface area contributed by atoms with Gasteiger partial charge in [0.2, 0.25) is 0 Å². The summed E-state index contributed by atoms with van der Waals surface area (Å²) in [5.74, 6) is 0.353. The van der Waals surface area contributed by atoms with Gasteiger partial charge in [-0.05, 0) is 28.3 Å². The highest BCUT2D eigenvalue weighted by molar-refractivity contribution is 9.10. The van der Waals surface area contributed by atoms with Gasteiger partial charge in [0.05, 0.1) is 15.5 Å². The van der Waals surface area contributed by atoms with Gasteiger partial charge in [0.15, 0.2) is 5.82 Å². The average molecular weight is 300 g/mol. The molecule has 0 saturated heterocycles. The van der Waals surface area contributed by atoms with Crippen molar-refractivity contribution in [1.82, 2.24) is 9.97 Å². The van der Waals surface area contributed by atoms with E-state index in [0.717, 1.165) is 18.7 Å². The minimum Gasteiger partial charge on any atom is -0.383 e. The molecule has 2 rings (SSSR count). The zero-order chi connectivity index (χ0) is 12.4. The van der Waals surface area contributed by atoms with Gasteiger partial charge in [0.25, 0.3) is 0 Å². The number of hydrogen-bond acceptors (Lipinski definition) is 2. The molecule has 2 heterocycles. The fraction of sp³-hybridized carbons (Fsp3) is 0.417. The van der Waals surface area contributed by atoms with E-state index in [1.54, 1.807) is 6.20 Å². The van der Waals surface area contributed by atoms with Crippen LogP contribution in [0.4, 0.5) is 10.1 Å². The summed E-state index contributed by atoms with van der Waals surface area (Å²) in [4.78, 5) is 7.08. The van der Waals surface area contributed by atoms with Crippen LogP contribution in [0.5, 0.6) is 0 Å².